The standard InChI is InChI=1S/C13H21N3O2/c1-3-9-18-12-6-4-5-11(13(12)14)16-8-7-15-10(2)17/h4-6,16H,3,7-9,14H2,1-2H3,(H,15,17). The molecule has 4 N–H and O–H groups in total. The zero-order valence-corrected chi connectivity index (χ0v) is 11.0. The predicted octanol–water partition coefficient (Wildman–Crippen LogP) is 1.61. The smallest absolute Gasteiger partial charge is 0.216 e. The number of para-hydroxylation sites is 1. The predicted molar refractivity (Wildman–Crippen MR) is 73.8 cm³/mol. The lowest BCUT2D eigenvalue weighted by atomic mass is 10.2. The Kier molecular flexibility index (Phi) is 5.84. The van der Waals surface area contributed by atoms with E-state index in [9.17, 15) is 4.79 Å². The van der Waals surface area contributed by atoms with Gasteiger partial charge < -0.3 is 21.1 Å². The third-order valence-corrected chi connectivity index (χ3v) is 2.34. The summed E-state index contributed by atoms with van der Waals surface area (Å²) in [6.45, 7) is 5.38. The Morgan fingerprint density at radius 2 is 2.17 bits per heavy atom. The van der Waals surface area contributed by atoms with Crippen LogP contribution in [-0.4, -0.2) is 25.6 Å². The number of nitrogens with one attached hydrogen (secondary N) is 2. The Balaban J connectivity index is 2.52. The number of hydrogen-bond donors (Lipinski definition) is 3. The molecule has 1 aromatic carbocycles. The molecule has 0 aliphatic carbocycles. The second kappa shape index (κ2) is 7.42. The van der Waals surface area contributed by atoms with Gasteiger partial charge >= 0.3 is 0 Å². The lowest BCUT2D eigenvalue weighted by Gasteiger charge is -2.13. The average Bonchev–Trinajstić information content (AvgIpc) is 2.34. The van der Waals surface area contributed by atoms with Gasteiger partial charge in [0.05, 0.1) is 18.0 Å². The van der Waals surface area contributed by atoms with Crippen LogP contribution in [0.4, 0.5) is 11.4 Å². The van der Waals surface area contributed by atoms with E-state index in [2.05, 4.69) is 10.6 Å². The van der Waals surface area contributed by atoms with E-state index in [-0.39, 0.29) is 5.91 Å². The fourth-order valence-corrected chi connectivity index (χ4v) is 1.47. The molecule has 0 radical (unpaired) electrons. The molecule has 5 heteroatoms. The molecule has 0 aromatic heterocycles. The second-order valence-electron chi connectivity index (χ2n) is 3.98. The molecule has 1 rings (SSSR count). The molecule has 1 amide bonds. The summed E-state index contributed by atoms with van der Waals surface area (Å²) < 4.78 is 5.54. The number of carbonyl (C=O) groups excluding carboxylic acids is 1. The van der Waals surface area contributed by atoms with Crippen LogP contribution in [0.1, 0.15) is 20.3 Å². The van der Waals surface area contributed by atoms with Crippen LogP contribution in [0.15, 0.2) is 18.2 Å². The van der Waals surface area contributed by atoms with Gasteiger partial charge in [-0.25, -0.2) is 0 Å². The van der Waals surface area contributed by atoms with Crippen molar-refractivity contribution in [1.29, 1.82) is 0 Å². The summed E-state index contributed by atoms with van der Waals surface area (Å²) in [5, 5.41) is 5.88. The molecule has 0 heterocycles. The largest absolute Gasteiger partial charge is 0.491 e. The number of rotatable bonds is 7. The lowest BCUT2D eigenvalue weighted by Crippen LogP contribution is -2.26. The first-order valence-corrected chi connectivity index (χ1v) is 6.14. The van der Waals surface area contributed by atoms with E-state index in [1.54, 1.807) is 0 Å². The molecule has 0 fully saturated rings. The minimum absolute atomic E-state index is 0.0372. The Morgan fingerprint density at radius 3 is 2.83 bits per heavy atom. The first kappa shape index (κ1) is 14.2. The number of carbonyl (C=O) groups is 1. The molecule has 0 saturated heterocycles. The normalized spacial score (nSPS) is 9.89. The van der Waals surface area contributed by atoms with E-state index in [0.29, 0.717) is 31.1 Å². The van der Waals surface area contributed by atoms with E-state index in [4.69, 9.17) is 10.5 Å². The van der Waals surface area contributed by atoms with Gasteiger partial charge in [0.1, 0.15) is 5.75 Å². The zero-order valence-electron chi connectivity index (χ0n) is 11.0. The van der Waals surface area contributed by atoms with Crippen LogP contribution in [0.25, 0.3) is 0 Å². The summed E-state index contributed by atoms with van der Waals surface area (Å²) in [5.74, 6) is 0.658. The molecular weight excluding hydrogens is 230 g/mol. The fourth-order valence-electron chi connectivity index (χ4n) is 1.47. The SMILES string of the molecule is CCCOc1cccc(NCCNC(C)=O)c1N. The van der Waals surface area contributed by atoms with Crippen LogP contribution in [0.5, 0.6) is 5.75 Å². The fraction of sp³-hybridized carbons (Fsp3) is 0.462. The first-order chi connectivity index (χ1) is 8.65. The summed E-state index contributed by atoms with van der Waals surface area (Å²) >= 11 is 0. The molecular formula is C13H21N3O2. The van der Waals surface area contributed by atoms with Gasteiger partial charge in [-0.05, 0) is 18.6 Å². The molecule has 0 aliphatic heterocycles. The van der Waals surface area contributed by atoms with E-state index in [1.165, 1.54) is 6.92 Å². The Morgan fingerprint density at radius 1 is 1.39 bits per heavy atom. The maximum absolute atomic E-state index is 10.7. The topological polar surface area (TPSA) is 76.4 Å². The van der Waals surface area contributed by atoms with Gasteiger partial charge in [0.25, 0.3) is 0 Å². The summed E-state index contributed by atoms with van der Waals surface area (Å²) in [6, 6.07) is 5.63. The van der Waals surface area contributed by atoms with Gasteiger partial charge in [0.2, 0.25) is 5.91 Å². The third-order valence-electron chi connectivity index (χ3n) is 2.34. The second-order valence-corrected chi connectivity index (χ2v) is 3.98. The van der Waals surface area contributed by atoms with Gasteiger partial charge in [-0.3, -0.25) is 4.79 Å². The van der Waals surface area contributed by atoms with Crippen LogP contribution < -0.4 is 21.1 Å². The molecule has 18 heavy (non-hydrogen) atoms. The highest BCUT2D eigenvalue weighted by Gasteiger charge is 2.05. The zero-order chi connectivity index (χ0) is 13.4. The van der Waals surface area contributed by atoms with E-state index in [0.717, 1.165) is 12.1 Å². The van der Waals surface area contributed by atoms with Gasteiger partial charge in [-0.15, -0.1) is 0 Å². The van der Waals surface area contributed by atoms with Crippen LogP contribution in [-0.2, 0) is 4.79 Å². The van der Waals surface area contributed by atoms with Gasteiger partial charge in [-0.1, -0.05) is 13.0 Å². The third kappa shape index (κ3) is 4.53. The van der Waals surface area contributed by atoms with Crippen molar-refractivity contribution in [1.82, 2.24) is 5.32 Å². The van der Waals surface area contributed by atoms with Crippen molar-refractivity contribution in [2.45, 2.75) is 20.3 Å². The molecule has 100 valence electrons. The number of anilines is 2. The number of nitrogen functional groups attached to an aromatic ring is 1. The Labute approximate surface area is 108 Å². The van der Waals surface area contributed by atoms with Crippen LogP contribution in [0.2, 0.25) is 0 Å². The highest BCUT2D eigenvalue weighted by molar-refractivity contribution is 5.74. The minimum atomic E-state index is -0.0372. The summed E-state index contributed by atoms with van der Waals surface area (Å²) in [5.41, 5.74) is 7.42. The van der Waals surface area contributed by atoms with Gasteiger partial charge in [-0.2, -0.15) is 0 Å². The highest BCUT2D eigenvalue weighted by atomic mass is 16.5. The monoisotopic (exact) mass is 251 g/mol. The van der Waals surface area contributed by atoms with Gasteiger partial charge in [0.15, 0.2) is 0 Å². The van der Waals surface area contributed by atoms with E-state index < -0.39 is 0 Å². The van der Waals surface area contributed by atoms with Crippen molar-refractivity contribution in [3.8, 4) is 5.75 Å². The molecule has 0 saturated carbocycles. The summed E-state index contributed by atoms with van der Waals surface area (Å²) in [6.07, 6.45) is 0.944. The van der Waals surface area contributed by atoms with Crippen molar-refractivity contribution in [3.63, 3.8) is 0 Å². The first-order valence-electron chi connectivity index (χ1n) is 6.14. The van der Waals surface area contributed by atoms with Crippen LogP contribution in [0.3, 0.4) is 0 Å². The molecule has 5 nitrogen and oxygen atoms in total. The molecule has 0 unspecified atom stereocenters. The maximum Gasteiger partial charge on any atom is 0.216 e. The summed E-state index contributed by atoms with van der Waals surface area (Å²) in [7, 11) is 0. The van der Waals surface area contributed by atoms with E-state index in [1.807, 2.05) is 25.1 Å². The Bertz CT molecular complexity index is 394. The van der Waals surface area contributed by atoms with Crippen LogP contribution >= 0.6 is 0 Å². The maximum atomic E-state index is 10.7. The van der Waals surface area contributed by atoms with Crippen molar-refractivity contribution in [2.24, 2.45) is 0 Å². The number of benzene rings is 1. The van der Waals surface area contributed by atoms with Crippen LogP contribution in [0, 0.1) is 0 Å². The Hall–Kier alpha value is -1.91. The molecule has 0 bridgehead atoms. The van der Waals surface area contributed by atoms with Crippen molar-refractivity contribution in [2.75, 3.05) is 30.7 Å². The quantitative estimate of drug-likeness (QED) is 0.508. The molecule has 0 spiro atoms. The van der Waals surface area contributed by atoms with Crippen molar-refractivity contribution in [3.05, 3.63) is 18.2 Å². The van der Waals surface area contributed by atoms with Crippen molar-refractivity contribution < 1.29 is 9.53 Å². The molecule has 0 aliphatic rings. The van der Waals surface area contributed by atoms with Gasteiger partial charge in [0, 0.05) is 20.0 Å². The number of hydrogen-bond acceptors (Lipinski definition) is 4. The molecule has 0 atom stereocenters. The minimum Gasteiger partial charge on any atom is -0.491 e. The molecule has 1 aromatic rings. The van der Waals surface area contributed by atoms with E-state index >= 15 is 0 Å². The number of ether oxygens (including phenoxy) is 1. The highest BCUT2D eigenvalue weighted by Crippen LogP contribution is 2.29. The van der Waals surface area contributed by atoms with Crippen molar-refractivity contribution >= 4 is 17.3 Å². The summed E-state index contributed by atoms with van der Waals surface area (Å²) in [4.78, 5) is 10.7. The lowest BCUT2D eigenvalue weighted by molar-refractivity contribution is -0.118. The number of nitrogens with two attached hydrogens (primary N) is 1. The average molecular weight is 251 g/mol. The number of amides is 1.